The highest BCUT2D eigenvalue weighted by Crippen LogP contribution is 2.14. The van der Waals surface area contributed by atoms with E-state index in [9.17, 15) is 13.2 Å². The molecule has 0 radical (unpaired) electrons. The van der Waals surface area contributed by atoms with Crippen LogP contribution >= 0.6 is 0 Å². The third-order valence-corrected chi connectivity index (χ3v) is 4.78. The van der Waals surface area contributed by atoms with Crippen LogP contribution in [-0.4, -0.2) is 66.6 Å². The quantitative estimate of drug-likeness (QED) is 0.779. The number of piperazine rings is 1. The molecule has 0 unspecified atom stereocenters. The summed E-state index contributed by atoms with van der Waals surface area (Å²) in [5.41, 5.74) is 0. The van der Waals surface area contributed by atoms with E-state index in [2.05, 4.69) is 15.5 Å². The summed E-state index contributed by atoms with van der Waals surface area (Å²) in [6.45, 7) is 3.76. The van der Waals surface area contributed by atoms with Gasteiger partial charge in [-0.25, -0.2) is 13.2 Å². The van der Waals surface area contributed by atoms with Crippen LogP contribution in [-0.2, 0) is 10.0 Å². The van der Waals surface area contributed by atoms with Gasteiger partial charge in [0.15, 0.2) is 5.03 Å². The maximum atomic E-state index is 12.2. The molecule has 1 aliphatic heterocycles. The van der Waals surface area contributed by atoms with Gasteiger partial charge in [-0.05, 0) is 13.0 Å². The lowest BCUT2D eigenvalue weighted by Crippen LogP contribution is -2.53. The molecule has 2 heterocycles. The fourth-order valence-corrected chi connectivity index (χ4v) is 3.24. The number of nitrogens with zero attached hydrogens (tertiary/aromatic N) is 3. The van der Waals surface area contributed by atoms with Gasteiger partial charge in [-0.3, -0.25) is 5.10 Å². The van der Waals surface area contributed by atoms with Crippen LogP contribution < -0.4 is 5.32 Å². The van der Waals surface area contributed by atoms with Crippen molar-refractivity contribution in [3.63, 3.8) is 0 Å². The molecule has 2 N–H and O–H groups in total. The molecule has 0 aliphatic carbocycles. The zero-order chi connectivity index (χ0) is 13.9. The van der Waals surface area contributed by atoms with Crippen molar-refractivity contribution in [2.24, 2.45) is 0 Å². The van der Waals surface area contributed by atoms with Crippen LogP contribution in [0.4, 0.5) is 4.79 Å². The Balaban J connectivity index is 1.99. The van der Waals surface area contributed by atoms with Crippen LogP contribution in [0.15, 0.2) is 17.3 Å². The largest absolute Gasteiger partial charge is 0.338 e. The highest BCUT2D eigenvalue weighted by Gasteiger charge is 2.30. The van der Waals surface area contributed by atoms with Crippen molar-refractivity contribution in [2.45, 2.75) is 11.9 Å². The Kier molecular flexibility index (Phi) is 4.05. The molecule has 1 aromatic rings. The maximum Gasteiger partial charge on any atom is 0.317 e. The number of carbonyl (C=O) groups is 1. The predicted octanol–water partition coefficient (Wildman–Crippen LogP) is -0.554. The van der Waals surface area contributed by atoms with Crippen LogP contribution in [0.3, 0.4) is 0 Å². The van der Waals surface area contributed by atoms with Gasteiger partial charge in [-0.15, -0.1) is 0 Å². The third-order valence-electron chi connectivity index (χ3n) is 2.95. The Morgan fingerprint density at radius 2 is 2.11 bits per heavy atom. The average molecular weight is 287 g/mol. The van der Waals surface area contributed by atoms with Gasteiger partial charge in [-0.1, -0.05) is 0 Å². The number of carbonyl (C=O) groups excluding carboxylic acids is 1. The molecule has 0 atom stereocenters. The van der Waals surface area contributed by atoms with Crippen molar-refractivity contribution in [2.75, 3.05) is 32.7 Å². The smallest absolute Gasteiger partial charge is 0.317 e. The summed E-state index contributed by atoms with van der Waals surface area (Å²) in [5.74, 6) is 0. The summed E-state index contributed by atoms with van der Waals surface area (Å²) in [5, 5.41) is 8.88. The molecule has 1 aliphatic rings. The van der Waals surface area contributed by atoms with E-state index in [0.29, 0.717) is 32.7 Å². The molecule has 9 heteroatoms. The summed E-state index contributed by atoms with van der Waals surface area (Å²) < 4.78 is 25.7. The molecular formula is C10H17N5O3S. The first-order chi connectivity index (χ1) is 9.05. The summed E-state index contributed by atoms with van der Waals surface area (Å²) in [6.07, 6.45) is 1.40. The molecule has 1 saturated heterocycles. The van der Waals surface area contributed by atoms with E-state index < -0.39 is 10.0 Å². The van der Waals surface area contributed by atoms with E-state index in [1.165, 1.54) is 16.6 Å². The fourth-order valence-electron chi connectivity index (χ4n) is 1.92. The zero-order valence-electron chi connectivity index (χ0n) is 10.7. The monoisotopic (exact) mass is 287 g/mol. The minimum Gasteiger partial charge on any atom is -0.338 e. The highest BCUT2D eigenvalue weighted by atomic mass is 32.2. The zero-order valence-corrected chi connectivity index (χ0v) is 11.5. The van der Waals surface area contributed by atoms with E-state index >= 15 is 0 Å². The predicted molar refractivity (Wildman–Crippen MR) is 68.0 cm³/mol. The van der Waals surface area contributed by atoms with Crippen LogP contribution in [0, 0.1) is 0 Å². The second kappa shape index (κ2) is 5.57. The van der Waals surface area contributed by atoms with Gasteiger partial charge in [0.25, 0.3) is 10.0 Å². The van der Waals surface area contributed by atoms with E-state index in [-0.39, 0.29) is 11.1 Å². The third kappa shape index (κ3) is 2.87. The van der Waals surface area contributed by atoms with E-state index in [1.54, 1.807) is 4.90 Å². The fraction of sp³-hybridized carbons (Fsp3) is 0.600. The maximum absolute atomic E-state index is 12.2. The molecule has 1 fully saturated rings. The number of aromatic amines is 1. The van der Waals surface area contributed by atoms with Gasteiger partial charge in [0, 0.05) is 32.7 Å². The molecule has 0 saturated carbocycles. The van der Waals surface area contributed by atoms with Gasteiger partial charge in [0.2, 0.25) is 0 Å². The standard InChI is InChI=1S/C10H17N5O3S/c1-2-11-10(16)14-5-7-15(8-6-14)19(17,18)9-3-4-12-13-9/h3-4H,2,5-8H2,1H3,(H,11,16)(H,12,13). The number of aromatic nitrogens is 2. The molecule has 0 spiro atoms. The van der Waals surface area contributed by atoms with Crippen molar-refractivity contribution in [1.82, 2.24) is 24.7 Å². The number of hydrogen-bond acceptors (Lipinski definition) is 4. The lowest BCUT2D eigenvalue weighted by atomic mass is 10.4. The van der Waals surface area contributed by atoms with Gasteiger partial charge < -0.3 is 10.2 Å². The van der Waals surface area contributed by atoms with Crippen molar-refractivity contribution in [1.29, 1.82) is 0 Å². The van der Waals surface area contributed by atoms with E-state index in [4.69, 9.17) is 0 Å². The lowest BCUT2D eigenvalue weighted by molar-refractivity contribution is 0.172. The topological polar surface area (TPSA) is 98.4 Å². The first kappa shape index (κ1) is 13.8. The number of sulfonamides is 1. The normalized spacial score (nSPS) is 17.4. The van der Waals surface area contributed by atoms with E-state index in [0.717, 1.165) is 0 Å². The molecular weight excluding hydrogens is 270 g/mol. The minimum atomic E-state index is -3.52. The SMILES string of the molecule is CCNC(=O)N1CCN(S(=O)(=O)c2ccn[nH]2)CC1. The number of amides is 2. The van der Waals surface area contributed by atoms with Gasteiger partial charge in [0.1, 0.15) is 0 Å². The van der Waals surface area contributed by atoms with Crippen molar-refractivity contribution < 1.29 is 13.2 Å². The first-order valence-electron chi connectivity index (χ1n) is 6.08. The van der Waals surface area contributed by atoms with Crippen molar-refractivity contribution >= 4 is 16.1 Å². The van der Waals surface area contributed by atoms with Gasteiger partial charge in [0.05, 0.1) is 6.20 Å². The minimum absolute atomic E-state index is 0.0824. The first-order valence-corrected chi connectivity index (χ1v) is 7.52. The highest BCUT2D eigenvalue weighted by molar-refractivity contribution is 7.89. The molecule has 0 bridgehead atoms. The molecule has 8 nitrogen and oxygen atoms in total. The number of rotatable bonds is 3. The molecule has 2 amide bonds. The molecule has 106 valence electrons. The molecule has 0 aromatic carbocycles. The summed E-state index contributed by atoms with van der Waals surface area (Å²) in [4.78, 5) is 13.2. The Bertz CT molecular complexity index is 519. The second-order valence-electron chi connectivity index (χ2n) is 4.15. The Labute approximate surface area is 111 Å². The summed E-state index contributed by atoms with van der Waals surface area (Å²) in [7, 11) is -3.52. The summed E-state index contributed by atoms with van der Waals surface area (Å²) >= 11 is 0. The van der Waals surface area contributed by atoms with E-state index in [1.807, 2.05) is 6.92 Å². The Morgan fingerprint density at radius 3 is 2.63 bits per heavy atom. The Morgan fingerprint density at radius 1 is 1.42 bits per heavy atom. The number of H-pyrrole nitrogens is 1. The second-order valence-corrected chi connectivity index (χ2v) is 6.05. The van der Waals surface area contributed by atoms with Crippen LogP contribution in [0.25, 0.3) is 0 Å². The van der Waals surface area contributed by atoms with Gasteiger partial charge >= 0.3 is 6.03 Å². The van der Waals surface area contributed by atoms with Crippen LogP contribution in [0.5, 0.6) is 0 Å². The molecule has 1 aromatic heterocycles. The number of urea groups is 1. The average Bonchev–Trinajstić information content (AvgIpc) is 2.94. The van der Waals surface area contributed by atoms with Crippen LogP contribution in [0.2, 0.25) is 0 Å². The number of nitrogens with one attached hydrogen (secondary N) is 2. The lowest BCUT2D eigenvalue weighted by Gasteiger charge is -2.33. The summed E-state index contributed by atoms with van der Waals surface area (Å²) in [6, 6.07) is 1.27. The molecule has 2 rings (SSSR count). The van der Waals surface area contributed by atoms with Crippen LogP contribution in [0.1, 0.15) is 6.92 Å². The molecule has 19 heavy (non-hydrogen) atoms. The number of hydrogen-bond donors (Lipinski definition) is 2. The van der Waals surface area contributed by atoms with Crippen molar-refractivity contribution in [3.05, 3.63) is 12.3 Å². The Hall–Kier alpha value is -1.61. The van der Waals surface area contributed by atoms with Crippen molar-refractivity contribution in [3.8, 4) is 0 Å². The van der Waals surface area contributed by atoms with Gasteiger partial charge in [-0.2, -0.15) is 9.40 Å².